The van der Waals surface area contributed by atoms with Crippen LogP contribution >= 0.6 is 0 Å². The molecule has 0 radical (unpaired) electrons. The second-order valence-corrected chi connectivity index (χ2v) is 12.4. The fraction of sp³-hybridized carbons (Fsp3) is 0.833. The summed E-state index contributed by atoms with van der Waals surface area (Å²) in [6.07, 6.45) is 13.5. The van der Waals surface area contributed by atoms with Crippen LogP contribution in [0.3, 0.4) is 0 Å². The Morgan fingerprint density at radius 3 is 1.64 bits per heavy atom. The first-order chi connectivity index (χ1) is 24.1. The van der Waals surface area contributed by atoms with Gasteiger partial charge in [0, 0.05) is 51.8 Å². The molecular weight excluding hydrogens is 652 g/mol. The van der Waals surface area contributed by atoms with E-state index in [0.29, 0.717) is 39.0 Å². The quantitative estimate of drug-likeness (QED) is 0.0663. The average Bonchev–Trinajstić information content (AvgIpc) is 3.08. The van der Waals surface area contributed by atoms with Crippen molar-refractivity contribution < 1.29 is 57.9 Å². The molecule has 0 aromatic carbocycles. The molecule has 0 saturated carbocycles. The number of carboxylic acids is 2. The second-order valence-electron chi connectivity index (χ2n) is 12.4. The summed E-state index contributed by atoms with van der Waals surface area (Å²) in [6.45, 7) is 4.02. The number of nitrogens with one attached hydrogen (secondary N) is 2. The summed E-state index contributed by atoms with van der Waals surface area (Å²) >= 11 is 0. The van der Waals surface area contributed by atoms with Gasteiger partial charge in [-0.3, -0.25) is 28.8 Å². The number of unbranched alkanes of at least 4 members (excludes halogenated alkanes) is 9. The highest BCUT2D eigenvalue weighted by molar-refractivity contribution is 5.85. The van der Waals surface area contributed by atoms with Gasteiger partial charge in [-0.05, 0) is 32.1 Å². The van der Waals surface area contributed by atoms with Crippen LogP contribution in [0.2, 0.25) is 0 Å². The van der Waals surface area contributed by atoms with Crippen molar-refractivity contribution in [3.05, 3.63) is 0 Å². The molecule has 50 heavy (non-hydrogen) atoms. The van der Waals surface area contributed by atoms with Crippen LogP contribution in [0.25, 0.3) is 0 Å². The first-order valence-corrected chi connectivity index (χ1v) is 18.5. The Morgan fingerprint density at radius 2 is 1.04 bits per heavy atom. The second kappa shape index (κ2) is 34.5. The molecule has 0 rings (SSSR count). The third-order valence-electron chi connectivity index (χ3n) is 7.76. The zero-order valence-corrected chi connectivity index (χ0v) is 30.4. The number of aliphatic carboxylic acids is 2. The Balaban J connectivity index is 3.52. The molecule has 0 fully saturated rings. The summed E-state index contributed by atoms with van der Waals surface area (Å²) < 4.78 is 21.4. The van der Waals surface area contributed by atoms with E-state index in [0.717, 1.165) is 51.4 Å². The Labute approximate surface area is 298 Å². The fourth-order valence-electron chi connectivity index (χ4n) is 4.92. The van der Waals surface area contributed by atoms with Gasteiger partial charge in [-0.25, -0.2) is 0 Å². The molecule has 0 unspecified atom stereocenters. The van der Waals surface area contributed by atoms with E-state index in [1.165, 1.54) is 19.3 Å². The van der Waals surface area contributed by atoms with Crippen LogP contribution in [-0.2, 0) is 47.7 Å². The molecule has 1 atom stereocenters. The lowest BCUT2D eigenvalue weighted by Gasteiger charge is -2.12. The lowest BCUT2D eigenvalue weighted by atomic mass is 9.97. The molecule has 0 bridgehead atoms. The molecule has 290 valence electrons. The van der Waals surface area contributed by atoms with E-state index in [1.807, 2.05) is 6.92 Å². The number of carbonyl (C=O) groups is 6. The number of hydrogen-bond donors (Lipinski definition) is 4. The van der Waals surface area contributed by atoms with Gasteiger partial charge in [-0.1, -0.05) is 58.3 Å². The maximum atomic E-state index is 12.1. The van der Waals surface area contributed by atoms with Crippen LogP contribution in [0.1, 0.15) is 122 Å². The van der Waals surface area contributed by atoms with Gasteiger partial charge in [0.25, 0.3) is 0 Å². The van der Waals surface area contributed by atoms with E-state index in [4.69, 9.17) is 24.1 Å². The van der Waals surface area contributed by atoms with Gasteiger partial charge < -0.3 is 39.8 Å². The van der Waals surface area contributed by atoms with Crippen LogP contribution in [0, 0.1) is 5.92 Å². The molecule has 0 aliphatic carbocycles. The zero-order valence-electron chi connectivity index (χ0n) is 30.4. The van der Waals surface area contributed by atoms with Crippen molar-refractivity contribution in [3.63, 3.8) is 0 Å². The minimum absolute atomic E-state index is 0.0482. The van der Waals surface area contributed by atoms with Crippen molar-refractivity contribution in [2.45, 2.75) is 122 Å². The van der Waals surface area contributed by atoms with Gasteiger partial charge in [-0.2, -0.15) is 0 Å². The van der Waals surface area contributed by atoms with Gasteiger partial charge in [-0.15, -0.1) is 0 Å². The Bertz CT molecular complexity index is 931. The smallest absolute Gasteiger partial charge is 0.306 e. The van der Waals surface area contributed by atoms with E-state index in [2.05, 4.69) is 10.6 Å². The molecule has 0 aliphatic heterocycles. The van der Waals surface area contributed by atoms with Gasteiger partial charge in [0.1, 0.15) is 19.0 Å². The number of amides is 2. The maximum absolute atomic E-state index is 12.1. The highest BCUT2D eigenvalue weighted by Gasteiger charge is 2.22. The topological polar surface area (TPSA) is 204 Å². The SMILES string of the molecule is CCCNC(=O)CC[C@H](CC(=O)COCCOCCNC(=O)COCCOCCCC(=O)CCCCCCCCCCCCC(=O)O)C(=O)O. The number of ether oxygens (including phenoxy) is 4. The molecule has 0 spiro atoms. The van der Waals surface area contributed by atoms with Crippen molar-refractivity contribution in [1.29, 1.82) is 0 Å². The summed E-state index contributed by atoms with van der Waals surface area (Å²) in [5.74, 6) is -3.39. The minimum Gasteiger partial charge on any atom is -0.481 e. The predicted molar refractivity (Wildman–Crippen MR) is 187 cm³/mol. The monoisotopic (exact) mass is 716 g/mol. The summed E-state index contributed by atoms with van der Waals surface area (Å²) in [6, 6.07) is 0. The van der Waals surface area contributed by atoms with Gasteiger partial charge in [0.05, 0.1) is 39.0 Å². The highest BCUT2D eigenvalue weighted by atomic mass is 16.5. The molecule has 0 aliphatic rings. The first kappa shape index (κ1) is 47.1. The molecule has 0 aromatic rings. The van der Waals surface area contributed by atoms with E-state index >= 15 is 0 Å². The standard InChI is InChI=1S/C36H64N2O12/c1-2-19-37-33(41)18-17-30(36(45)46)27-32(40)28-49-25-24-48-22-20-38-34(42)29-50-26-23-47-21-13-15-31(39)14-11-9-7-5-3-4-6-8-10-12-16-35(43)44/h30H,2-29H2,1H3,(H,37,41)(H,38,42)(H,43,44)(H,45,46)/t30-/m1/s1. The van der Waals surface area contributed by atoms with Crippen molar-refractivity contribution in [2.24, 2.45) is 5.92 Å². The molecular formula is C36H64N2O12. The van der Waals surface area contributed by atoms with E-state index in [-0.39, 0.29) is 95.3 Å². The number of rotatable bonds is 38. The zero-order chi connectivity index (χ0) is 37.1. The normalized spacial score (nSPS) is 11.6. The summed E-state index contributed by atoms with van der Waals surface area (Å²) in [7, 11) is 0. The lowest BCUT2D eigenvalue weighted by Crippen LogP contribution is -2.31. The van der Waals surface area contributed by atoms with Crippen LogP contribution in [0.5, 0.6) is 0 Å². The number of ketones is 2. The summed E-state index contributed by atoms with van der Waals surface area (Å²) in [4.78, 5) is 69.5. The van der Waals surface area contributed by atoms with Gasteiger partial charge in [0.2, 0.25) is 11.8 Å². The summed E-state index contributed by atoms with van der Waals surface area (Å²) in [5, 5.41) is 23.3. The van der Waals surface area contributed by atoms with Crippen LogP contribution < -0.4 is 10.6 Å². The average molecular weight is 717 g/mol. The van der Waals surface area contributed by atoms with Crippen molar-refractivity contribution >= 4 is 35.3 Å². The molecule has 4 N–H and O–H groups in total. The molecule has 0 saturated heterocycles. The van der Waals surface area contributed by atoms with Crippen molar-refractivity contribution in [3.8, 4) is 0 Å². The third-order valence-corrected chi connectivity index (χ3v) is 7.76. The van der Waals surface area contributed by atoms with E-state index < -0.39 is 17.9 Å². The van der Waals surface area contributed by atoms with Gasteiger partial charge in [0.15, 0.2) is 5.78 Å². The summed E-state index contributed by atoms with van der Waals surface area (Å²) in [5.41, 5.74) is 0. The largest absolute Gasteiger partial charge is 0.481 e. The van der Waals surface area contributed by atoms with E-state index in [1.54, 1.807) is 0 Å². The Morgan fingerprint density at radius 1 is 0.520 bits per heavy atom. The Hall–Kier alpha value is -2.94. The van der Waals surface area contributed by atoms with Crippen molar-refractivity contribution in [1.82, 2.24) is 10.6 Å². The van der Waals surface area contributed by atoms with Gasteiger partial charge >= 0.3 is 11.9 Å². The molecule has 14 heteroatoms. The van der Waals surface area contributed by atoms with Crippen LogP contribution in [0.15, 0.2) is 0 Å². The highest BCUT2D eigenvalue weighted by Crippen LogP contribution is 2.14. The minimum atomic E-state index is -1.12. The van der Waals surface area contributed by atoms with Crippen LogP contribution in [0.4, 0.5) is 0 Å². The number of carbonyl (C=O) groups excluding carboxylic acids is 4. The first-order valence-electron chi connectivity index (χ1n) is 18.5. The van der Waals surface area contributed by atoms with E-state index in [9.17, 15) is 33.9 Å². The Kier molecular flexibility index (Phi) is 32.5. The van der Waals surface area contributed by atoms with Crippen molar-refractivity contribution in [2.75, 3.05) is 65.9 Å². The molecule has 0 heterocycles. The number of Topliss-reactive ketones (excluding diaryl/α,β-unsaturated/α-hetero) is 2. The number of hydrogen-bond acceptors (Lipinski definition) is 10. The fourth-order valence-corrected chi connectivity index (χ4v) is 4.92. The third kappa shape index (κ3) is 33.6. The maximum Gasteiger partial charge on any atom is 0.306 e. The predicted octanol–water partition coefficient (Wildman–Crippen LogP) is 4.25. The lowest BCUT2D eigenvalue weighted by molar-refractivity contribution is -0.145. The molecule has 0 aromatic heterocycles. The van der Waals surface area contributed by atoms with Crippen LogP contribution in [-0.4, -0.2) is 111 Å². The molecule has 14 nitrogen and oxygen atoms in total. The molecule has 2 amide bonds. The number of carboxylic acid groups (broad SMARTS) is 2.